The lowest BCUT2D eigenvalue weighted by molar-refractivity contribution is -0.384. The molecule has 1 aromatic heterocycles. The summed E-state index contributed by atoms with van der Waals surface area (Å²) in [6, 6.07) is 15.3. The summed E-state index contributed by atoms with van der Waals surface area (Å²) in [5.41, 5.74) is 3.47. The molecule has 120 valence electrons. The van der Waals surface area contributed by atoms with Crippen LogP contribution in [0, 0.1) is 10.1 Å². The van der Waals surface area contributed by atoms with Crippen LogP contribution in [-0.2, 0) is 0 Å². The Morgan fingerprint density at radius 1 is 1.17 bits per heavy atom. The summed E-state index contributed by atoms with van der Waals surface area (Å²) in [4.78, 5) is 14.6. The Morgan fingerprint density at radius 2 is 1.96 bits per heavy atom. The molecule has 1 N–H and O–H groups in total. The second-order valence-electron chi connectivity index (χ2n) is 5.89. The molecule has 6 heteroatoms. The van der Waals surface area contributed by atoms with E-state index in [2.05, 4.69) is 27.0 Å². The number of benzene rings is 2. The first-order chi connectivity index (χ1) is 11.7. The number of rotatable bonds is 3. The van der Waals surface area contributed by atoms with Gasteiger partial charge in [0.05, 0.1) is 23.3 Å². The summed E-state index contributed by atoms with van der Waals surface area (Å²) in [5.74, 6) is 0. The van der Waals surface area contributed by atoms with Crippen LogP contribution >= 0.6 is 0 Å². The minimum absolute atomic E-state index is 0.0908. The highest BCUT2D eigenvalue weighted by Gasteiger charge is 2.28. The largest absolute Gasteiger partial charge is 0.378 e. The number of imidazole rings is 1. The molecule has 0 saturated carbocycles. The highest BCUT2D eigenvalue weighted by molar-refractivity contribution is 5.57. The number of hydrogen-bond acceptors (Lipinski definition) is 4. The van der Waals surface area contributed by atoms with E-state index in [1.807, 2.05) is 36.8 Å². The van der Waals surface area contributed by atoms with Crippen LogP contribution in [0.25, 0.3) is 0 Å². The van der Waals surface area contributed by atoms with E-state index in [0.29, 0.717) is 0 Å². The fourth-order valence-corrected chi connectivity index (χ4v) is 3.30. The summed E-state index contributed by atoms with van der Waals surface area (Å²) >= 11 is 0. The second-order valence-corrected chi connectivity index (χ2v) is 5.89. The lowest BCUT2D eigenvalue weighted by Gasteiger charge is -2.34. The minimum atomic E-state index is -0.373. The molecule has 2 atom stereocenters. The Hall–Kier alpha value is -3.15. The molecule has 0 aliphatic carbocycles. The standard InChI is InChI=1S/C18H16N4O2/c23-22(24)14-7-5-13(6-8-14)17-11-18(21-10-9-19-12-21)15-3-1-2-4-16(15)20-17/h1-10,12,17-18,20H,11H2. The number of para-hydroxylation sites is 1. The van der Waals surface area contributed by atoms with Crippen molar-refractivity contribution in [2.75, 3.05) is 5.32 Å². The van der Waals surface area contributed by atoms with Crippen LogP contribution < -0.4 is 5.32 Å². The number of nitrogens with zero attached hydrogens (tertiary/aromatic N) is 3. The van der Waals surface area contributed by atoms with E-state index in [1.165, 1.54) is 5.56 Å². The third-order valence-corrected chi connectivity index (χ3v) is 4.50. The fraction of sp³-hybridized carbons (Fsp3) is 0.167. The molecule has 24 heavy (non-hydrogen) atoms. The fourth-order valence-electron chi connectivity index (χ4n) is 3.30. The molecule has 0 radical (unpaired) electrons. The zero-order valence-corrected chi connectivity index (χ0v) is 12.9. The Morgan fingerprint density at radius 3 is 2.67 bits per heavy atom. The number of nitrogens with one attached hydrogen (secondary N) is 1. The van der Waals surface area contributed by atoms with Gasteiger partial charge in [-0.2, -0.15) is 0 Å². The molecule has 0 bridgehead atoms. The SMILES string of the molecule is O=[N+]([O-])c1ccc(C2CC(n3ccnc3)c3ccccc3N2)cc1. The molecule has 1 aliphatic rings. The van der Waals surface area contributed by atoms with Gasteiger partial charge in [-0.3, -0.25) is 10.1 Å². The van der Waals surface area contributed by atoms with Crippen LogP contribution in [0.5, 0.6) is 0 Å². The van der Waals surface area contributed by atoms with E-state index in [1.54, 1.807) is 18.3 Å². The van der Waals surface area contributed by atoms with E-state index in [0.717, 1.165) is 17.7 Å². The third-order valence-electron chi connectivity index (χ3n) is 4.50. The topological polar surface area (TPSA) is 73.0 Å². The van der Waals surface area contributed by atoms with Crippen molar-refractivity contribution in [3.8, 4) is 0 Å². The predicted molar refractivity (Wildman–Crippen MR) is 90.9 cm³/mol. The molecule has 3 aromatic rings. The van der Waals surface area contributed by atoms with Gasteiger partial charge in [0.15, 0.2) is 0 Å². The van der Waals surface area contributed by atoms with Crippen molar-refractivity contribution in [3.05, 3.63) is 88.5 Å². The summed E-state index contributed by atoms with van der Waals surface area (Å²) in [5, 5.41) is 14.4. The molecule has 1 aliphatic heterocycles. The minimum Gasteiger partial charge on any atom is -0.378 e. The number of non-ortho nitro benzene ring substituents is 1. The van der Waals surface area contributed by atoms with E-state index < -0.39 is 0 Å². The van der Waals surface area contributed by atoms with Crippen molar-refractivity contribution in [2.24, 2.45) is 0 Å². The lowest BCUT2D eigenvalue weighted by Crippen LogP contribution is -2.25. The van der Waals surface area contributed by atoms with Gasteiger partial charge in [-0.15, -0.1) is 0 Å². The molecule has 4 rings (SSSR count). The van der Waals surface area contributed by atoms with Gasteiger partial charge in [-0.25, -0.2) is 4.98 Å². The molecule has 6 nitrogen and oxygen atoms in total. The van der Waals surface area contributed by atoms with Crippen molar-refractivity contribution < 1.29 is 4.92 Å². The molecule has 2 aromatic carbocycles. The Bertz CT molecular complexity index is 859. The summed E-state index contributed by atoms with van der Waals surface area (Å²) in [6.45, 7) is 0. The van der Waals surface area contributed by atoms with Crippen molar-refractivity contribution >= 4 is 11.4 Å². The van der Waals surface area contributed by atoms with E-state index in [9.17, 15) is 10.1 Å². The zero-order valence-electron chi connectivity index (χ0n) is 12.9. The van der Waals surface area contributed by atoms with Crippen LogP contribution in [0.4, 0.5) is 11.4 Å². The van der Waals surface area contributed by atoms with E-state index in [4.69, 9.17) is 0 Å². The van der Waals surface area contributed by atoms with Crippen molar-refractivity contribution in [1.29, 1.82) is 0 Å². The summed E-state index contributed by atoms with van der Waals surface area (Å²) in [7, 11) is 0. The van der Waals surface area contributed by atoms with Gasteiger partial charge < -0.3 is 9.88 Å². The molecule has 2 heterocycles. The second kappa shape index (κ2) is 5.81. The van der Waals surface area contributed by atoms with Gasteiger partial charge in [0.2, 0.25) is 0 Å². The zero-order chi connectivity index (χ0) is 16.5. The van der Waals surface area contributed by atoms with Gasteiger partial charge in [0.1, 0.15) is 0 Å². The first kappa shape index (κ1) is 14.4. The Balaban J connectivity index is 1.70. The van der Waals surface area contributed by atoms with Crippen LogP contribution in [0.2, 0.25) is 0 Å². The maximum atomic E-state index is 10.8. The van der Waals surface area contributed by atoms with Crippen LogP contribution in [0.15, 0.2) is 67.3 Å². The van der Waals surface area contributed by atoms with E-state index >= 15 is 0 Å². The maximum Gasteiger partial charge on any atom is 0.269 e. The number of nitro groups is 1. The van der Waals surface area contributed by atoms with Crippen LogP contribution in [0.1, 0.15) is 29.6 Å². The van der Waals surface area contributed by atoms with Gasteiger partial charge >= 0.3 is 0 Å². The van der Waals surface area contributed by atoms with Crippen LogP contribution in [0.3, 0.4) is 0 Å². The molecular formula is C18H16N4O2. The number of nitro benzene ring substituents is 1. The van der Waals surface area contributed by atoms with Crippen molar-refractivity contribution in [2.45, 2.75) is 18.5 Å². The molecule has 0 amide bonds. The van der Waals surface area contributed by atoms with Gasteiger partial charge in [-0.05, 0) is 23.6 Å². The highest BCUT2D eigenvalue weighted by atomic mass is 16.6. The van der Waals surface area contributed by atoms with Gasteiger partial charge in [0, 0.05) is 30.2 Å². The quantitative estimate of drug-likeness (QED) is 0.586. The van der Waals surface area contributed by atoms with Crippen molar-refractivity contribution in [1.82, 2.24) is 9.55 Å². The highest BCUT2D eigenvalue weighted by Crippen LogP contribution is 2.40. The average molecular weight is 320 g/mol. The number of fused-ring (bicyclic) bond motifs is 1. The first-order valence-electron chi connectivity index (χ1n) is 7.79. The lowest BCUT2D eigenvalue weighted by atomic mass is 9.89. The van der Waals surface area contributed by atoms with Crippen LogP contribution in [-0.4, -0.2) is 14.5 Å². The maximum absolute atomic E-state index is 10.8. The monoisotopic (exact) mass is 320 g/mol. The Labute approximate surface area is 138 Å². The molecule has 0 saturated heterocycles. The van der Waals surface area contributed by atoms with Gasteiger partial charge in [-0.1, -0.05) is 30.3 Å². The smallest absolute Gasteiger partial charge is 0.269 e. The molecular weight excluding hydrogens is 304 g/mol. The molecule has 2 unspecified atom stereocenters. The average Bonchev–Trinajstić information content (AvgIpc) is 3.15. The molecule has 0 fully saturated rings. The Kier molecular flexibility index (Phi) is 3.49. The summed E-state index contributed by atoms with van der Waals surface area (Å²) < 4.78 is 2.11. The first-order valence-corrected chi connectivity index (χ1v) is 7.79. The normalized spacial score (nSPS) is 19.3. The van der Waals surface area contributed by atoms with Gasteiger partial charge in [0.25, 0.3) is 5.69 Å². The number of aromatic nitrogens is 2. The van der Waals surface area contributed by atoms with E-state index in [-0.39, 0.29) is 22.7 Å². The molecule has 0 spiro atoms. The number of hydrogen-bond donors (Lipinski definition) is 1. The third kappa shape index (κ3) is 2.52. The summed E-state index contributed by atoms with van der Waals surface area (Å²) in [6.07, 6.45) is 6.44. The van der Waals surface area contributed by atoms with Crippen molar-refractivity contribution in [3.63, 3.8) is 0 Å². The predicted octanol–water partition coefficient (Wildman–Crippen LogP) is 3.94. The number of anilines is 1.